The fourth-order valence-corrected chi connectivity index (χ4v) is 1.85. The van der Waals surface area contributed by atoms with Crippen molar-refractivity contribution in [3.8, 4) is 0 Å². The number of nitrogens with zero attached hydrogens (tertiary/aromatic N) is 1. The number of ether oxygens (including phenoxy) is 1. The lowest BCUT2D eigenvalue weighted by Crippen LogP contribution is -2.37. The van der Waals surface area contributed by atoms with Gasteiger partial charge in [0, 0.05) is 10.9 Å². The van der Waals surface area contributed by atoms with Crippen molar-refractivity contribution in [2.75, 3.05) is 6.61 Å². The molecule has 2 rings (SSSR count). The van der Waals surface area contributed by atoms with Crippen molar-refractivity contribution in [1.29, 1.82) is 0 Å². The first-order valence-corrected chi connectivity index (χ1v) is 5.39. The van der Waals surface area contributed by atoms with Gasteiger partial charge in [0.15, 0.2) is 0 Å². The molecule has 1 aliphatic rings. The maximum absolute atomic E-state index is 11.4. The third kappa shape index (κ3) is 2.08. The molecule has 2 N–H and O–H groups in total. The summed E-state index contributed by atoms with van der Waals surface area (Å²) >= 11 is 0. The first-order chi connectivity index (χ1) is 7.70. The molecule has 1 heterocycles. The van der Waals surface area contributed by atoms with Gasteiger partial charge >= 0.3 is 6.09 Å². The minimum Gasteiger partial charge on any atom is -0.450 e. The van der Waals surface area contributed by atoms with E-state index in [0.29, 0.717) is 12.5 Å². The predicted molar refractivity (Wildman–Crippen MR) is 59.6 cm³/mol. The van der Waals surface area contributed by atoms with E-state index in [9.17, 15) is 4.79 Å². The van der Waals surface area contributed by atoms with Crippen molar-refractivity contribution in [3.63, 3.8) is 0 Å². The fraction of sp³-hybridized carbons (Fsp3) is 0.455. The molecule has 16 heavy (non-hydrogen) atoms. The van der Waals surface area contributed by atoms with E-state index in [4.69, 9.17) is 4.74 Å². The lowest BCUT2D eigenvalue weighted by Gasteiger charge is -2.14. The van der Waals surface area contributed by atoms with Gasteiger partial charge in [0.2, 0.25) is 0 Å². The number of aromatic amines is 1. The molecule has 5 heteroatoms. The summed E-state index contributed by atoms with van der Waals surface area (Å²) in [4.78, 5) is 11.4. The summed E-state index contributed by atoms with van der Waals surface area (Å²) in [5, 5.41) is 11.6. The van der Waals surface area contributed by atoms with Gasteiger partial charge in [-0.15, -0.1) is 0 Å². The van der Waals surface area contributed by atoms with Crippen LogP contribution in [-0.2, 0) is 4.74 Å². The van der Waals surface area contributed by atoms with Crippen LogP contribution in [0.15, 0.2) is 6.20 Å². The van der Waals surface area contributed by atoms with Gasteiger partial charge in [-0.1, -0.05) is 13.0 Å². The molecular formula is C11H15N3O2. The summed E-state index contributed by atoms with van der Waals surface area (Å²) in [5.74, 6) is 0.380. The molecule has 1 unspecified atom stereocenters. The van der Waals surface area contributed by atoms with Crippen LogP contribution in [0.5, 0.6) is 0 Å². The van der Waals surface area contributed by atoms with Crippen molar-refractivity contribution in [1.82, 2.24) is 15.5 Å². The van der Waals surface area contributed by atoms with Gasteiger partial charge in [-0.3, -0.25) is 10.4 Å². The normalized spacial score (nSPS) is 18.6. The highest BCUT2D eigenvalue weighted by Crippen LogP contribution is 2.12. The molecule has 1 aromatic heterocycles. The van der Waals surface area contributed by atoms with Crippen molar-refractivity contribution in [3.05, 3.63) is 16.8 Å². The smallest absolute Gasteiger partial charge is 0.411 e. The van der Waals surface area contributed by atoms with Crippen molar-refractivity contribution >= 4 is 17.9 Å². The molecule has 0 saturated carbocycles. The van der Waals surface area contributed by atoms with E-state index in [2.05, 4.69) is 28.5 Å². The second kappa shape index (κ2) is 4.38. The lowest BCUT2D eigenvalue weighted by molar-refractivity contribution is 0.156. The Hall–Kier alpha value is -1.78. The van der Waals surface area contributed by atoms with Gasteiger partial charge in [-0.05, 0) is 19.3 Å². The SMILES string of the molecule is CCOC(=O)NC1=c2cn[nH]c2=CC(C)C1. The highest BCUT2D eigenvalue weighted by Gasteiger charge is 2.14. The lowest BCUT2D eigenvalue weighted by atomic mass is 10.00. The van der Waals surface area contributed by atoms with Gasteiger partial charge in [-0.2, -0.15) is 5.10 Å². The van der Waals surface area contributed by atoms with E-state index in [0.717, 1.165) is 22.7 Å². The number of rotatable bonds is 2. The number of H-pyrrole nitrogens is 1. The number of hydrogen-bond donors (Lipinski definition) is 2. The number of carbonyl (C=O) groups is 1. The molecule has 0 spiro atoms. The Balaban J connectivity index is 2.31. The maximum atomic E-state index is 11.4. The van der Waals surface area contributed by atoms with Gasteiger partial charge in [-0.25, -0.2) is 4.79 Å². The van der Waals surface area contributed by atoms with E-state index >= 15 is 0 Å². The molecule has 1 amide bonds. The summed E-state index contributed by atoms with van der Waals surface area (Å²) in [6.45, 7) is 4.25. The molecule has 0 saturated heterocycles. The van der Waals surface area contributed by atoms with Gasteiger partial charge < -0.3 is 4.74 Å². The third-order valence-corrected chi connectivity index (χ3v) is 2.50. The first kappa shape index (κ1) is 10.7. The van der Waals surface area contributed by atoms with Gasteiger partial charge in [0.25, 0.3) is 0 Å². The van der Waals surface area contributed by atoms with Crippen LogP contribution in [0.1, 0.15) is 20.3 Å². The quantitative estimate of drug-likeness (QED) is 0.743. The fourth-order valence-electron chi connectivity index (χ4n) is 1.85. The molecule has 1 aliphatic carbocycles. The Morgan fingerprint density at radius 3 is 3.31 bits per heavy atom. The topological polar surface area (TPSA) is 67.0 Å². The average Bonchev–Trinajstić information content (AvgIpc) is 2.65. The summed E-state index contributed by atoms with van der Waals surface area (Å²) in [5.41, 5.74) is 0.872. The van der Waals surface area contributed by atoms with Crippen LogP contribution in [0, 0.1) is 5.92 Å². The number of alkyl carbamates (subject to hydrolysis) is 1. The first-order valence-electron chi connectivity index (χ1n) is 5.39. The van der Waals surface area contributed by atoms with Crippen LogP contribution in [0.3, 0.4) is 0 Å². The molecule has 86 valence electrons. The number of carbonyl (C=O) groups excluding carboxylic acids is 1. The van der Waals surface area contributed by atoms with Gasteiger partial charge in [0.05, 0.1) is 18.2 Å². The Morgan fingerprint density at radius 1 is 1.75 bits per heavy atom. The molecule has 0 bridgehead atoms. The zero-order valence-corrected chi connectivity index (χ0v) is 9.41. The number of aromatic nitrogens is 2. The summed E-state index contributed by atoms with van der Waals surface area (Å²) in [6.07, 6.45) is 4.22. The van der Waals surface area contributed by atoms with Crippen LogP contribution in [0.2, 0.25) is 0 Å². The van der Waals surface area contributed by atoms with Crippen LogP contribution < -0.4 is 15.9 Å². The highest BCUT2D eigenvalue weighted by molar-refractivity contribution is 5.76. The molecule has 0 fully saturated rings. The molecule has 0 radical (unpaired) electrons. The molecular weight excluding hydrogens is 206 g/mol. The minimum atomic E-state index is -0.404. The van der Waals surface area contributed by atoms with Crippen molar-refractivity contribution in [2.24, 2.45) is 5.92 Å². The third-order valence-electron chi connectivity index (χ3n) is 2.50. The van der Waals surface area contributed by atoms with Crippen LogP contribution in [0.4, 0.5) is 4.79 Å². The zero-order valence-electron chi connectivity index (χ0n) is 9.41. The summed E-state index contributed by atoms with van der Waals surface area (Å²) in [6, 6.07) is 0. The highest BCUT2D eigenvalue weighted by atomic mass is 16.5. The van der Waals surface area contributed by atoms with E-state index in [1.54, 1.807) is 13.1 Å². The van der Waals surface area contributed by atoms with Crippen molar-refractivity contribution in [2.45, 2.75) is 20.3 Å². The zero-order chi connectivity index (χ0) is 11.5. The molecule has 1 aromatic rings. The molecule has 1 atom stereocenters. The summed E-state index contributed by atoms with van der Waals surface area (Å²) < 4.78 is 4.86. The predicted octanol–water partition coefficient (Wildman–Crippen LogP) is 0.0843. The molecule has 0 aliphatic heterocycles. The number of nitrogens with one attached hydrogen (secondary N) is 2. The monoisotopic (exact) mass is 221 g/mol. The van der Waals surface area contributed by atoms with Crippen LogP contribution in [0.25, 0.3) is 11.8 Å². The van der Waals surface area contributed by atoms with E-state index in [-0.39, 0.29) is 0 Å². The number of fused-ring (bicyclic) bond motifs is 1. The van der Waals surface area contributed by atoms with Crippen molar-refractivity contribution < 1.29 is 9.53 Å². The van der Waals surface area contributed by atoms with Gasteiger partial charge in [0.1, 0.15) is 0 Å². The average molecular weight is 221 g/mol. The number of hydrogen-bond acceptors (Lipinski definition) is 3. The minimum absolute atomic E-state index is 0.374. The second-order valence-electron chi connectivity index (χ2n) is 3.87. The largest absolute Gasteiger partial charge is 0.450 e. The Kier molecular flexibility index (Phi) is 2.94. The van der Waals surface area contributed by atoms with E-state index < -0.39 is 6.09 Å². The van der Waals surface area contributed by atoms with E-state index in [1.165, 1.54) is 0 Å². The summed E-state index contributed by atoms with van der Waals surface area (Å²) in [7, 11) is 0. The maximum Gasteiger partial charge on any atom is 0.411 e. The standard InChI is InChI=1S/C11H15N3O2/c1-3-16-11(15)13-9-4-7(2)5-10-8(9)6-12-14-10/h5-7,14H,3-4H2,1-2H3,(H,13,15). The molecule has 5 nitrogen and oxygen atoms in total. The van der Waals surface area contributed by atoms with Crippen LogP contribution >= 0.6 is 0 Å². The van der Waals surface area contributed by atoms with Crippen LogP contribution in [-0.4, -0.2) is 22.9 Å². The van der Waals surface area contributed by atoms with E-state index in [1.807, 2.05) is 0 Å². The Bertz CT molecular complexity index is 504. The Morgan fingerprint density at radius 2 is 2.56 bits per heavy atom. The number of amides is 1. The Labute approximate surface area is 93.2 Å². The second-order valence-corrected chi connectivity index (χ2v) is 3.87. The molecule has 0 aromatic carbocycles.